The zero-order valence-electron chi connectivity index (χ0n) is 18.2. The normalized spacial score (nSPS) is 23.4. The van der Waals surface area contributed by atoms with E-state index in [1.165, 1.54) is 4.90 Å². The number of aliphatic hydroxyl groups is 1. The Balaban J connectivity index is 1.52. The number of fused-ring (bicyclic) bond motifs is 2. The van der Waals surface area contributed by atoms with Gasteiger partial charge in [0, 0.05) is 17.3 Å². The molecule has 3 atom stereocenters. The second kappa shape index (κ2) is 7.31. The van der Waals surface area contributed by atoms with E-state index in [1.807, 2.05) is 13.0 Å². The number of benzene rings is 2. The lowest BCUT2D eigenvalue weighted by Crippen LogP contribution is -2.33. The lowest BCUT2D eigenvalue weighted by molar-refractivity contribution is -0.122. The number of aliphatic imine (C=N–C) groups is 1. The molecular formula is C27H19N3O4. The fraction of sp³-hybridized carbons (Fsp3) is 0.148. The van der Waals surface area contributed by atoms with Gasteiger partial charge in [-0.25, -0.2) is 4.90 Å². The van der Waals surface area contributed by atoms with Crippen LogP contribution in [0.15, 0.2) is 83.5 Å². The lowest BCUT2D eigenvalue weighted by atomic mass is 9.84. The fourth-order valence-electron chi connectivity index (χ4n) is 5.15. The van der Waals surface area contributed by atoms with Crippen LogP contribution < -0.4 is 4.90 Å². The van der Waals surface area contributed by atoms with Crippen molar-refractivity contribution in [2.24, 2.45) is 16.8 Å². The van der Waals surface area contributed by atoms with Crippen LogP contribution in [0.4, 0.5) is 5.69 Å². The van der Waals surface area contributed by atoms with Crippen LogP contribution in [-0.4, -0.2) is 33.4 Å². The number of carbonyl (C=O) groups excluding carboxylic acids is 3. The molecule has 2 aromatic carbocycles. The van der Waals surface area contributed by atoms with Gasteiger partial charge < -0.3 is 5.11 Å². The second-order valence-corrected chi connectivity index (χ2v) is 8.67. The van der Waals surface area contributed by atoms with Gasteiger partial charge in [0.2, 0.25) is 11.8 Å². The molecule has 1 N–H and O–H groups in total. The highest BCUT2D eigenvalue weighted by Crippen LogP contribution is 2.48. The van der Waals surface area contributed by atoms with Crippen LogP contribution in [0.3, 0.4) is 0 Å². The van der Waals surface area contributed by atoms with Gasteiger partial charge >= 0.3 is 0 Å². The standard InChI is InChI=1S/C27H19N3O4/c1-14-7-6-8-15(13-14)30-26(33)19-20(27(30)34)23(29-22(19)18-11-4-5-12-28-18)21-24(31)16-9-2-3-10-17(16)25(21)32/h2-13,19-20,22,31H,1H3/t19-,20-,22-/m1/s1. The van der Waals surface area contributed by atoms with Gasteiger partial charge in [-0.2, -0.15) is 0 Å². The van der Waals surface area contributed by atoms with Crippen LogP contribution in [0, 0.1) is 18.8 Å². The van der Waals surface area contributed by atoms with Crippen molar-refractivity contribution in [3.05, 3.63) is 101 Å². The number of carbonyl (C=O) groups is 3. The Morgan fingerprint density at radius 1 is 0.882 bits per heavy atom. The van der Waals surface area contributed by atoms with E-state index in [4.69, 9.17) is 4.99 Å². The van der Waals surface area contributed by atoms with Crippen LogP contribution in [-0.2, 0) is 9.59 Å². The Kier molecular flexibility index (Phi) is 4.35. The van der Waals surface area contributed by atoms with Crippen molar-refractivity contribution in [2.45, 2.75) is 13.0 Å². The van der Waals surface area contributed by atoms with Crippen LogP contribution in [0.2, 0.25) is 0 Å². The van der Waals surface area contributed by atoms with Gasteiger partial charge in [0.15, 0.2) is 5.78 Å². The fourth-order valence-corrected chi connectivity index (χ4v) is 5.15. The van der Waals surface area contributed by atoms with E-state index < -0.39 is 35.5 Å². The average molecular weight is 449 g/mol. The summed E-state index contributed by atoms with van der Waals surface area (Å²) in [5.41, 5.74) is 2.80. The molecule has 7 nitrogen and oxygen atoms in total. The maximum atomic E-state index is 13.7. The monoisotopic (exact) mass is 449 g/mol. The van der Waals surface area contributed by atoms with Crippen molar-refractivity contribution in [3.63, 3.8) is 0 Å². The number of aliphatic hydroxyl groups excluding tert-OH is 1. The number of hydrogen-bond acceptors (Lipinski definition) is 6. The summed E-state index contributed by atoms with van der Waals surface area (Å²) in [4.78, 5) is 50.9. The molecule has 0 spiro atoms. The molecule has 1 saturated heterocycles. The van der Waals surface area contributed by atoms with E-state index in [2.05, 4.69) is 4.98 Å². The molecule has 7 heteroatoms. The van der Waals surface area contributed by atoms with E-state index in [9.17, 15) is 19.5 Å². The van der Waals surface area contributed by atoms with Gasteiger partial charge in [0.25, 0.3) is 0 Å². The molecule has 1 aliphatic carbocycles. The van der Waals surface area contributed by atoms with Gasteiger partial charge in [-0.3, -0.25) is 24.4 Å². The summed E-state index contributed by atoms with van der Waals surface area (Å²) in [6.07, 6.45) is 1.60. The molecule has 2 aliphatic heterocycles. The summed E-state index contributed by atoms with van der Waals surface area (Å²) >= 11 is 0. The number of amides is 2. The predicted molar refractivity (Wildman–Crippen MR) is 125 cm³/mol. The van der Waals surface area contributed by atoms with Crippen LogP contribution in [0.25, 0.3) is 5.76 Å². The zero-order chi connectivity index (χ0) is 23.6. The number of allylic oxidation sites excluding steroid dienone is 1. The predicted octanol–water partition coefficient (Wildman–Crippen LogP) is 3.86. The van der Waals surface area contributed by atoms with Crippen molar-refractivity contribution in [3.8, 4) is 0 Å². The molecule has 0 unspecified atom stereocenters. The molecule has 2 amide bonds. The van der Waals surface area contributed by atoms with Gasteiger partial charge in [-0.05, 0) is 36.8 Å². The van der Waals surface area contributed by atoms with E-state index in [-0.39, 0.29) is 17.0 Å². The first-order valence-electron chi connectivity index (χ1n) is 11.0. The highest BCUT2D eigenvalue weighted by Gasteiger charge is 2.59. The summed E-state index contributed by atoms with van der Waals surface area (Å²) in [5, 5.41) is 11.0. The quantitative estimate of drug-likeness (QED) is 0.612. The molecule has 6 rings (SSSR count). The van der Waals surface area contributed by atoms with E-state index in [0.717, 1.165) is 5.56 Å². The number of aromatic nitrogens is 1. The van der Waals surface area contributed by atoms with E-state index >= 15 is 0 Å². The van der Waals surface area contributed by atoms with Crippen molar-refractivity contribution in [1.29, 1.82) is 0 Å². The number of nitrogens with zero attached hydrogens (tertiary/aromatic N) is 3. The molecule has 3 aromatic rings. The molecule has 3 heterocycles. The Hall–Kier alpha value is -4.39. The molecular weight excluding hydrogens is 430 g/mol. The van der Waals surface area contributed by atoms with Crippen LogP contribution in [0.1, 0.15) is 33.2 Å². The molecule has 1 fully saturated rings. The molecule has 34 heavy (non-hydrogen) atoms. The number of pyridine rings is 1. The number of imide groups is 1. The Labute approximate surface area is 195 Å². The Bertz CT molecular complexity index is 1460. The average Bonchev–Trinajstić information content (AvgIpc) is 3.44. The minimum atomic E-state index is -0.990. The molecule has 0 radical (unpaired) electrons. The molecule has 1 aromatic heterocycles. The topological polar surface area (TPSA) is 99.9 Å². The smallest absolute Gasteiger partial charge is 0.243 e. The second-order valence-electron chi connectivity index (χ2n) is 8.67. The number of rotatable bonds is 3. The molecule has 0 bridgehead atoms. The van der Waals surface area contributed by atoms with Gasteiger partial charge in [0.1, 0.15) is 11.8 Å². The molecule has 3 aliphatic rings. The Morgan fingerprint density at radius 2 is 1.65 bits per heavy atom. The van der Waals surface area contributed by atoms with Crippen LogP contribution in [0.5, 0.6) is 0 Å². The first-order valence-corrected chi connectivity index (χ1v) is 11.0. The summed E-state index contributed by atoms with van der Waals surface area (Å²) in [6, 6.07) is 18.4. The summed E-state index contributed by atoms with van der Waals surface area (Å²) in [7, 11) is 0. The number of hydrogen-bond donors (Lipinski definition) is 1. The third-order valence-corrected chi connectivity index (χ3v) is 6.66. The maximum Gasteiger partial charge on any atom is 0.243 e. The maximum absolute atomic E-state index is 13.7. The van der Waals surface area contributed by atoms with Gasteiger partial charge in [-0.15, -0.1) is 0 Å². The van der Waals surface area contributed by atoms with Crippen molar-refractivity contribution >= 4 is 34.8 Å². The zero-order valence-corrected chi connectivity index (χ0v) is 18.2. The van der Waals surface area contributed by atoms with Gasteiger partial charge in [-0.1, -0.05) is 42.5 Å². The summed E-state index contributed by atoms with van der Waals surface area (Å²) in [5.74, 6) is -3.31. The number of Topliss-reactive ketones (excluding diaryl/α,β-unsaturated/α-hetero) is 1. The van der Waals surface area contributed by atoms with Crippen molar-refractivity contribution in [2.75, 3.05) is 4.90 Å². The largest absolute Gasteiger partial charge is 0.506 e. The minimum absolute atomic E-state index is 0.0122. The summed E-state index contributed by atoms with van der Waals surface area (Å²) < 4.78 is 0. The SMILES string of the molecule is Cc1cccc(N2C(=O)[C@H]3C(C4=C(O)c5ccccc5C4=O)=N[C@H](c4ccccn4)[C@@H]3C2=O)c1. The molecule has 166 valence electrons. The number of aryl methyl sites for hydroxylation is 1. The minimum Gasteiger partial charge on any atom is -0.506 e. The number of anilines is 1. The summed E-state index contributed by atoms with van der Waals surface area (Å²) in [6.45, 7) is 1.89. The van der Waals surface area contributed by atoms with Crippen molar-refractivity contribution < 1.29 is 19.5 Å². The highest BCUT2D eigenvalue weighted by molar-refractivity contribution is 6.42. The van der Waals surface area contributed by atoms with E-state index in [0.29, 0.717) is 22.5 Å². The van der Waals surface area contributed by atoms with Crippen molar-refractivity contribution in [1.82, 2.24) is 4.98 Å². The lowest BCUT2D eigenvalue weighted by Gasteiger charge is -2.18. The van der Waals surface area contributed by atoms with E-state index in [1.54, 1.807) is 66.9 Å². The first kappa shape index (κ1) is 20.2. The third kappa shape index (κ3) is 2.73. The molecule has 0 saturated carbocycles. The van der Waals surface area contributed by atoms with Gasteiger partial charge in [0.05, 0.1) is 34.5 Å². The Morgan fingerprint density at radius 3 is 2.35 bits per heavy atom. The first-order chi connectivity index (χ1) is 16.5. The highest BCUT2D eigenvalue weighted by atomic mass is 16.3. The third-order valence-electron chi connectivity index (χ3n) is 6.66. The number of ketones is 1. The van der Waals surface area contributed by atoms with Crippen LogP contribution >= 0.6 is 0 Å².